The summed E-state index contributed by atoms with van der Waals surface area (Å²) >= 11 is 0. The van der Waals surface area contributed by atoms with Crippen molar-refractivity contribution in [3.8, 4) is 0 Å². The zero-order valence-corrected chi connectivity index (χ0v) is 21.0. The first-order chi connectivity index (χ1) is 14.0. The molecular weight excluding hydrogens is 489 g/mol. The van der Waals surface area contributed by atoms with Crippen LogP contribution in [0.2, 0.25) is 0 Å². The highest BCUT2D eigenvalue weighted by atomic mass is 127. The molecule has 30 heavy (non-hydrogen) atoms. The number of hydrogen-bond acceptors (Lipinski definition) is 3. The first-order valence-corrected chi connectivity index (χ1v) is 11.1. The summed E-state index contributed by atoms with van der Waals surface area (Å²) in [5.41, 5.74) is 1.21. The van der Waals surface area contributed by atoms with E-state index in [0.717, 1.165) is 37.9 Å². The topological polar surface area (TPSA) is 60.0 Å². The molecule has 1 heterocycles. The summed E-state index contributed by atoms with van der Waals surface area (Å²) in [5, 5.41) is 7.10. The van der Waals surface area contributed by atoms with E-state index in [0.29, 0.717) is 6.04 Å². The van der Waals surface area contributed by atoms with Gasteiger partial charge in [-0.05, 0) is 38.2 Å². The third-order valence-electron chi connectivity index (χ3n) is 6.24. The molecule has 2 N–H and O–H groups in total. The van der Waals surface area contributed by atoms with Crippen molar-refractivity contribution in [2.24, 2.45) is 4.99 Å². The van der Waals surface area contributed by atoms with E-state index in [-0.39, 0.29) is 42.5 Å². The van der Waals surface area contributed by atoms with Gasteiger partial charge in [-0.3, -0.25) is 4.79 Å². The largest absolute Gasteiger partial charge is 0.354 e. The van der Waals surface area contributed by atoms with Gasteiger partial charge in [0.25, 0.3) is 0 Å². The Balaban J connectivity index is 0.00000320. The maximum atomic E-state index is 12.0. The second-order valence-corrected chi connectivity index (χ2v) is 8.62. The van der Waals surface area contributed by atoms with Gasteiger partial charge in [0.1, 0.15) is 6.54 Å². The Hall–Kier alpha value is -1.35. The fourth-order valence-corrected chi connectivity index (χ4v) is 4.32. The van der Waals surface area contributed by atoms with Crippen molar-refractivity contribution in [3.63, 3.8) is 0 Å². The third kappa shape index (κ3) is 7.41. The fourth-order valence-electron chi connectivity index (χ4n) is 4.32. The van der Waals surface area contributed by atoms with E-state index in [1.165, 1.54) is 31.2 Å². The van der Waals surface area contributed by atoms with Crippen molar-refractivity contribution in [1.82, 2.24) is 20.4 Å². The Morgan fingerprint density at radius 1 is 1.13 bits per heavy atom. The molecule has 1 aliphatic carbocycles. The standard InChI is InChI=1S/C23H37N5O.HI/c1-18(19-9-5-4-6-10-19)25-23(24-17-22(29)27(2)3)26-20-13-15-28(16-14-20)21-11-7-8-12-21;/h4-6,9-10,18,20-21H,7-8,11-17H2,1-3H3,(H2,24,25,26);1H. The molecule has 1 amide bonds. The van der Waals surface area contributed by atoms with Crippen LogP contribution in [0.15, 0.2) is 35.3 Å². The molecule has 7 heteroatoms. The van der Waals surface area contributed by atoms with Gasteiger partial charge < -0.3 is 20.4 Å². The zero-order chi connectivity index (χ0) is 20.6. The summed E-state index contributed by atoms with van der Waals surface area (Å²) in [4.78, 5) is 20.9. The highest BCUT2D eigenvalue weighted by Gasteiger charge is 2.27. The monoisotopic (exact) mass is 527 g/mol. The van der Waals surface area contributed by atoms with Crippen LogP contribution in [0.25, 0.3) is 0 Å². The van der Waals surface area contributed by atoms with Crippen molar-refractivity contribution < 1.29 is 4.79 Å². The number of nitrogens with one attached hydrogen (secondary N) is 2. The van der Waals surface area contributed by atoms with Crippen molar-refractivity contribution in [2.75, 3.05) is 33.7 Å². The molecule has 1 unspecified atom stereocenters. The van der Waals surface area contributed by atoms with E-state index < -0.39 is 0 Å². The van der Waals surface area contributed by atoms with Crippen LogP contribution in [0.5, 0.6) is 0 Å². The number of piperidine rings is 1. The van der Waals surface area contributed by atoms with Gasteiger partial charge in [-0.25, -0.2) is 4.99 Å². The van der Waals surface area contributed by atoms with Crippen molar-refractivity contribution in [3.05, 3.63) is 35.9 Å². The number of halogens is 1. The molecule has 0 aromatic heterocycles. The van der Waals surface area contributed by atoms with Crippen LogP contribution in [0.3, 0.4) is 0 Å². The number of benzene rings is 1. The minimum absolute atomic E-state index is 0. The smallest absolute Gasteiger partial charge is 0.243 e. The van der Waals surface area contributed by atoms with Gasteiger partial charge >= 0.3 is 0 Å². The van der Waals surface area contributed by atoms with Gasteiger partial charge in [-0.15, -0.1) is 24.0 Å². The maximum Gasteiger partial charge on any atom is 0.243 e. The lowest BCUT2D eigenvalue weighted by Gasteiger charge is -2.37. The third-order valence-corrected chi connectivity index (χ3v) is 6.24. The predicted octanol–water partition coefficient (Wildman–Crippen LogP) is 3.40. The Morgan fingerprint density at radius 3 is 2.37 bits per heavy atom. The quantitative estimate of drug-likeness (QED) is 0.339. The molecule has 1 aromatic carbocycles. The first-order valence-electron chi connectivity index (χ1n) is 11.1. The SMILES string of the molecule is CC(NC(=NCC(=O)N(C)C)NC1CCN(C2CCCC2)CC1)c1ccccc1.I. The van der Waals surface area contributed by atoms with Gasteiger partial charge in [-0.1, -0.05) is 43.2 Å². The molecule has 1 aliphatic heterocycles. The first kappa shape index (κ1) is 24.9. The number of rotatable bonds is 6. The van der Waals surface area contributed by atoms with E-state index in [2.05, 4.69) is 39.6 Å². The van der Waals surface area contributed by atoms with Gasteiger partial charge in [-0.2, -0.15) is 0 Å². The number of carbonyl (C=O) groups excluding carboxylic acids is 1. The lowest BCUT2D eigenvalue weighted by atomic mass is 10.0. The van der Waals surface area contributed by atoms with Crippen LogP contribution in [0, 0.1) is 0 Å². The second-order valence-electron chi connectivity index (χ2n) is 8.62. The Labute approximate surface area is 198 Å². The highest BCUT2D eigenvalue weighted by molar-refractivity contribution is 14.0. The molecule has 1 atom stereocenters. The molecule has 2 aliphatic rings. The van der Waals surface area contributed by atoms with Crippen molar-refractivity contribution in [1.29, 1.82) is 0 Å². The minimum atomic E-state index is 0. The number of amides is 1. The maximum absolute atomic E-state index is 12.0. The van der Waals surface area contributed by atoms with Gasteiger partial charge in [0, 0.05) is 39.3 Å². The molecule has 0 bridgehead atoms. The predicted molar refractivity (Wildman–Crippen MR) is 134 cm³/mol. The van der Waals surface area contributed by atoms with E-state index in [1.54, 1.807) is 19.0 Å². The highest BCUT2D eigenvalue weighted by Crippen LogP contribution is 2.26. The normalized spacial score (nSPS) is 19.8. The number of nitrogens with zero attached hydrogens (tertiary/aromatic N) is 3. The summed E-state index contributed by atoms with van der Waals surface area (Å²) in [6.45, 7) is 4.59. The van der Waals surface area contributed by atoms with Gasteiger partial charge in [0.05, 0.1) is 6.04 Å². The molecule has 1 aromatic rings. The fraction of sp³-hybridized carbons (Fsp3) is 0.652. The molecule has 0 spiro atoms. The Morgan fingerprint density at radius 2 is 1.77 bits per heavy atom. The molecule has 168 valence electrons. The van der Waals surface area contributed by atoms with Crippen LogP contribution < -0.4 is 10.6 Å². The van der Waals surface area contributed by atoms with Crippen LogP contribution in [-0.4, -0.2) is 67.5 Å². The number of likely N-dealkylation sites (N-methyl/N-ethyl adjacent to an activating group) is 1. The van der Waals surface area contributed by atoms with Crippen LogP contribution in [0.1, 0.15) is 57.1 Å². The van der Waals surface area contributed by atoms with Crippen molar-refractivity contribution in [2.45, 2.75) is 63.6 Å². The average molecular weight is 527 g/mol. The molecule has 6 nitrogen and oxygen atoms in total. The summed E-state index contributed by atoms with van der Waals surface area (Å²) in [6.07, 6.45) is 7.76. The van der Waals surface area contributed by atoms with E-state index in [9.17, 15) is 4.79 Å². The summed E-state index contributed by atoms with van der Waals surface area (Å²) in [5.74, 6) is 0.741. The molecule has 0 radical (unpaired) electrons. The second kappa shape index (κ2) is 12.5. The van der Waals surface area contributed by atoms with Crippen molar-refractivity contribution >= 4 is 35.8 Å². The van der Waals surface area contributed by atoms with E-state index in [4.69, 9.17) is 0 Å². The molecule has 1 saturated heterocycles. The average Bonchev–Trinajstić information content (AvgIpc) is 3.27. The van der Waals surface area contributed by atoms with Crippen LogP contribution in [-0.2, 0) is 4.79 Å². The number of carbonyl (C=O) groups is 1. The van der Waals surface area contributed by atoms with Crippen LogP contribution >= 0.6 is 24.0 Å². The minimum Gasteiger partial charge on any atom is -0.354 e. The number of hydrogen-bond donors (Lipinski definition) is 2. The summed E-state index contributed by atoms with van der Waals surface area (Å²) in [6, 6.07) is 11.7. The Kier molecular flexibility index (Phi) is 10.4. The molecular formula is C23H38IN5O. The molecule has 3 rings (SSSR count). The van der Waals surface area contributed by atoms with E-state index in [1.807, 2.05) is 18.2 Å². The number of likely N-dealkylation sites (tertiary alicyclic amines) is 1. The Bertz CT molecular complexity index is 667. The van der Waals surface area contributed by atoms with Gasteiger partial charge in [0.15, 0.2) is 5.96 Å². The summed E-state index contributed by atoms with van der Waals surface area (Å²) < 4.78 is 0. The van der Waals surface area contributed by atoms with E-state index >= 15 is 0 Å². The lowest BCUT2D eigenvalue weighted by molar-refractivity contribution is -0.127. The number of guanidine groups is 1. The molecule has 1 saturated carbocycles. The summed E-state index contributed by atoms with van der Waals surface area (Å²) in [7, 11) is 3.54. The van der Waals surface area contributed by atoms with Crippen LogP contribution in [0.4, 0.5) is 0 Å². The molecule has 2 fully saturated rings. The zero-order valence-electron chi connectivity index (χ0n) is 18.6. The lowest BCUT2D eigenvalue weighted by Crippen LogP contribution is -2.50. The number of aliphatic imine (C=N–C) groups is 1. The van der Waals surface area contributed by atoms with Gasteiger partial charge in [0.2, 0.25) is 5.91 Å².